The lowest BCUT2D eigenvalue weighted by molar-refractivity contribution is 0.0956. The Bertz CT molecular complexity index is 1000. The van der Waals surface area contributed by atoms with Gasteiger partial charge in [-0.05, 0) is 37.6 Å². The summed E-state index contributed by atoms with van der Waals surface area (Å²) in [7, 11) is 0. The first kappa shape index (κ1) is 18.1. The minimum absolute atomic E-state index is 0.0327. The topological polar surface area (TPSA) is 81.8 Å². The molecule has 4 rings (SSSR count). The second kappa shape index (κ2) is 7.77. The number of carbonyl (C=O) groups excluding carboxylic acids is 1. The first-order valence-electron chi connectivity index (χ1n) is 9.08. The van der Waals surface area contributed by atoms with Crippen LogP contribution in [0.2, 0.25) is 0 Å². The molecule has 0 spiro atoms. The Kier molecular flexibility index (Phi) is 5.22. The maximum absolute atomic E-state index is 12.5. The van der Waals surface area contributed by atoms with Gasteiger partial charge in [0.05, 0.1) is 5.69 Å². The van der Waals surface area contributed by atoms with E-state index in [2.05, 4.69) is 15.4 Å². The van der Waals surface area contributed by atoms with Gasteiger partial charge in [0.1, 0.15) is 15.7 Å². The van der Waals surface area contributed by atoms with Crippen LogP contribution in [0.25, 0.3) is 10.6 Å². The Morgan fingerprint density at radius 3 is 3.04 bits per heavy atom. The molecule has 0 aliphatic carbocycles. The van der Waals surface area contributed by atoms with Gasteiger partial charge in [0, 0.05) is 37.0 Å². The van der Waals surface area contributed by atoms with E-state index in [9.17, 15) is 9.59 Å². The fourth-order valence-electron chi connectivity index (χ4n) is 3.22. The number of thiophene rings is 1. The highest BCUT2D eigenvalue weighted by molar-refractivity contribution is 7.17. The standard InChI is InChI=1S/C18H21N5O2S2/c1-12-15(27-17(20-12)13-6-10-26-11-13)16(24)19-7-4-9-23-18(25)22-8-3-2-5-14(22)21-23/h6,10-11H,2-5,7-9H2,1H3,(H,19,24). The van der Waals surface area contributed by atoms with Crippen LogP contribution in [-0.2, 0) is 19.5 Å². The Hall–Kier alpha value is -2.26. The molecule has 1 aliphatic heterocycles. The fourth-order valence-corrected chi connectivity index (χ4v) is 4.92. The van der Waals surface area contributed by atoms with Crippen molar-refractivity contribution in [2.45, 2.75) is 45.7 Å². The van der Waals surface area contributed by atoms with E-state index in [1.165, 1.54) is 16.0 Å². The van der Waals surface area contributed by atoms with Crippen LogP contribution in [0.4, 0.5) is 0 Å². The minimum atomic E-state index is -0.108. The van der Waals surface area contributed by atoms with Crippen molar-refractivity contribution in [3.63, 3.8) is 0 Å². The number of aromatic nitrogens is 4. The molecule has 0 saturated carbocycles. The number of rotatable bonds is 6. The van der Waals surface area contributed by atoms with Crippen molar-refractivity contribution >= 4 is 28.6 Å². The molecule has 0 radical (unpaired) electrons. The summed E-state index contributed by atoms with van der Waals surface area (Å²) >= 11 is 3.03. The molecule has 4 heterocycles. The highest BCUT2D eigenvalue weighted by Crippen LogP contribution is 2.29. The van der Waals surface area contributed by atoms with Crippen LogP contribution in [0.3, 0.4) is 0 Å². The lowest BCUT2D eigenvalue weighted by Crippen LogP contribution is -2.29. The van der Waals surface area contributed by atoms with Crippen LogP contribution in [-0.4, -0.2) is 31.8 Å². The molecule has 1 N–H and O–H groups in total. The van der Waals surface area contributed by atoms with Crippen LogP contribution in [0.1, 0.15) is 40.5 Å². The Morgan fingerprint density at radius 2 is 2.26 bits per heavy atom. The quantitative estimate of drug-likeness (QED) is 0.642. The van der Waals surface area contributed by atoms with Crippen molar-refractivity contribution in [3.8, 4) is 10.6 Å². The van der Waals surface area contributed by atoms with Crippen LogP contribution < -0.4 is 11.0 Å². The van der Waals surface area contributed by atoms with Gasteiger partial charge in [-0.3, -0.25) is 9.36 Å². The molecule has 0 aromatic carbocycles. The summed E-state index contributed by atoms with van der Waals surface area (Å²) in [5.41, 5.74) is 1.77. The highest BCUT2D eigenvalue weighted by atomic mass is 32.1. The predicted molar refractivity (Wildman–Crippen MR) is 107 cm³/mol. The summed E-state index contributed by atoms with van der Waals surface area (Å²) in [5.74, 6) is 0.777. The van der Waals surface area contributed by atoms with Crippen LogP contribution in [0.15, 0.2) is 21.6 Å². The molecule has 0 atom stereocenters. The molecule has 142 valence electrons. The number of fused-ring (bicyclic) bond motifs is 1. The van der Waals surface area contributed by atoms with Crippen LogP contribution >= 0.6 is 22.7 Å². The lowest BCUT2D eigenvalue weighted by Gasteiger charge is -2.09. The van der Waals surface area contributed by atoms with Crippen molar-refractivity contribution in [1.29, 1.82) is 0 Å². The molecule has 7 nitrogen and oxygen atoms in total. The Balaban J connectivity index is 1.33. The van der Waals surface area contributed by atoms with E-state index in [1.54, 1.807) is 15.9 Å². The van der Waals surface area contributed by atoms with Gasteiger partial charge in [0.2, 0.25) is 0 Å². The van der Waals surface area contributed by atoms with E-state index < -0.39 is 0 Å². The zero-order chi connectivity index (χ0) is 18.8. The van der Waals surface area contributed by atoms with Gasteiger partial charge in [-0.2, -0.15) is 16.4 Å². The maximum Gasteiger partial charge on any atom is 0.345 e. The van der Waals surface area contributed by atoms with Crippen molar-refractivity contribution in [2.75, 3.05) is 6.54 Å². The van der Waals surface area contributed by atoms with Crippen LogP contribution in [0.5, 0.6) is 0 Å². The van der Waals surface area contributed by atoms with Crippen LogP contribution in [0, 0.1) is 6.92 Å². The summed E-state index contributed by atoms with van der Waals surface area (Å²) in [6.45, 7) is 3.64. The first-order chi connectivity index (χ1) is 13.1. The zero-order valence-electron chi connectivity index (χ0n) is 15.1. The van der Waals surface area contributed by atoms with Crippen molar-refractivity contribution in [2.24, 2.45) is 0 Å². The lowest BCUT2D eigenvalue weighted by atomic mass is 10.2. The van der Waals surface area contributed by atoms with E-state index in [-0.39, 0.29) is 11.6 Å². The van der Waals surface area contributed by atoms with Gasteiger partial charge in [0.25, 0.3) is 5.91 Å². The van der Waals surface area contributed by atoms with E-state index >= 15 is 0 Å². The number of nitrogens with one attached hydrogen (secondary N) is 1. The summed E-state index contributed by atoms with van der Waals surface area (Å²) in [4.78, 5) is 29.9. The monoisotopic (exact) mass is 403 g/mol. The number of carbonyl (C=O) groups is 1. The number of nitrogens with zero attached hydrogens (tertiary/aromatic N) is 4. The summed E-state index contributed by atoms with van der Waals surface area (Å²) < 4.78 is 3.30. The largest absolute Gasteiger partial charge is 0.351 e. The predicted octanol–water partition coefficient (Wildman–Crippen LogP) is 2.69. The second-order valence-corrected chi connectivity index (χ2v) is 8.36. The number of hydrogen-bond donors (Lipinski definition) is 1. The molecule has 27 heavy (non-hydrogen) atoms. The number of thiazole rings is 1. The molecule has 0 bridgehead atoms. The highest BCUT2D eigenvalue weighted by Gasteiger charge is 2.18. The molecular formula is C18H21N5O2S2. The SMILES string of the molecule is Cc1nc(-c2ccsc2)sc1C(=O)NCCCn1nc2n(c1=O)CCCC2. The summed E-state index contributed by atoms with van der Waals surface area (Å²) in [6, 6.07) is 2.01. The number of amides is 1. The first-order valence-corrected chi connectivity index (χ1v) is 10.8. The molecule has 9 heteroatoms. The number of hydrogen-bond acceptors (Lipinski definition) is 6. The van der Waals surface area contributed by atoms with E-state index in [0.29, 0.717) is 24.4 Å². The maximum atomic E-state index is 12.5. The summed E-state index contributed by atoms with van der Waals surface area (Å²) in [6.07, 6.45) is 3.66. The third-order valence-corrected chi connectivity index (χ3v) is 6.52. The third-order valence-electron chi connectivity index (χ3n) is 4.63. The number of aryl methyl sites for hydroxylation is 3. The van der Waals surface area contributed by atoms with E-state index in [0.717, 1.165) is 47.9 Å². The smallest absolute Gasteiger partial charge is 0.345 e. The third kappa shape index (κ3) is 3.74. The van der Waals surface area contributed by atoms with Crippen molar-refractivity contribution in [1.82, 2.24) is 24.6 Å². The second-order valence-electron chi connectivity index (χ2n) is 6.59. The molecule has 1 aliphatic rings. The van der Waals surface area contributed by atoms with Gasteiger partial charge >= 0.3 is 5.69 Å². The Labute approximate surface area is 164 Å². The van der Waals surface area contributed by atoms with Gasteiger partial charge in [-0.1, -0.05) is 0 Å². The molecule has 1 amide bonds. The Morgan fingerprint density at radius 1 is 1.37 bits per heavy atom. The average Bonchev–Trinajstić information content (AvgIpc) is 3.39. The average molecular weight is 404 g/mol. The zero-order valence-corrected chi connectivity index (χ0v) is 16.7. The fraction of sp³-hybridized carbons (Fsp3) is 0.444. The van der Waals surface area contributed by atoms with Gasteiger partial charge in [-0.25, -0.2) is 14.5 Å². The van der Waals surface area contributed by atoms with Gasteiger partial charge < -0.3 is 5.32 Å². The molecule has 3 aromatic heterocycles. The molecule has 3 aromatic rings. The molecular weight excluding hydrogens is 382 g/mol. The normalized spacial score (nSPS) is 13.5. The minimum Gasteiger partial charge on any atom is -0.351 e. The molecule has 0 unspecified atom stereocenters. The van der Waals surface area contributed by atoms with Crippen molar-refractivity contribution < 1.29 is 4.79 Å². The van der Waals surface area contributed by atoms with E-state index in [1.807, 2.05) is 23.8 Å². The summed E-state index contributed by atoms with van der Waals surface area (Å²) in [5, 5.41) is 12.3. The molecule has 0 saturated heterocycles. The van der Waals surface area contributed by atoms with Crippen molar-refractivity contribution in [3.05, 3.63) is 43.7 Å². The van der Waals surface area contributed by atoms with Gasteiger partial charge in [0.15, 0.2) is 0 Å². The molecule has 0 fully saturated rings. The van der Waals surface area contributed by atoms with Gasteiger partial charge in [-0.15, -0.1) is 11.3 Å². The van der Waals surface area contributed by atoms with E-state index in [4.69, 9.17) is 0 Å².